The van der Waals surface area contributed by atoms with Crippen molar-refractivity contribution in [1.82, 2.24) is 10.3 Å². The Morgan fingerprint density at radius 3 is 2.88 bits per heavy atom. The molecule has 0 bridgehead atoms. The number of ether oxygens (including phenoxy) is 1. The maximum absolute atomic E-state index is 11.9. The summed E-state index contributed by atoms with van der Waals surface area (Å²) in [7, 11) is 0. The normalized spacial score (nSPS) is 10.8. The number of hydrogen-bond acceptors (Lipinski definition) is 4. The summed E-state index contributed by atoms with van der Waals surface area (Å²) >= 11 is 1.67. The van der Waals surface area contributed by atoms with Crippen LogP contribution < -0.4 is 10.1 Å². The Morgan fingerprint density at radius 2 is 2.04 bits per heavy atom. The fourth-order valence-corrected chi connectivity index (χ4v) is 3.36. The topological polar surface area (TPSA) is 51.2 Å². The Kier molecular flexibility index (Phi) is 5.11. The molecule has 0 aliphatic heterocycles. The number of thiazole rings is 1. The number of rotatable bonds is 6. The van der Waals surface area contributed by atoms with Crippen LogP contribution in [-0.4, -0.2) is 24.0 Å². The molecular formula is C19H20N2O2S. The predicted octanol–water partition coefficient (Wildman–Crippen LogP) is 3.65. The predicted molar refractivity (Wildman–Crippen MR) is 97.7 cm³/mol. The van der Waals surface area contributed by atoms with E-state index in [0.29, 0.717) is 6.54 Å². The molecule has 3 aromatic rings. The number of carbonyl (C=O) groups excluding carboxylic acids is 1. The highest BCUT2D eigenvalue weighted by Gasteiger charge is 2.07. The molecule has 1 aromatic heterocycles. The van der Waals surface area contributed by atoms with Crippen molar-refractivity contribution >= 4 is 27.5 Å². The molecule has 1 N–H and O–H groups in total. The van der Waals surface area contributed by atoms with E-state index < -0.39 is 0 Å². The maximum Gasteiger partial charge on any atom is 0.257 e. The van der Waals surface area contributed by atoms with Crippen molar-refractivity contribution in [3.63, 3.8) is 0 Å². The number of hydrogen-bond donors (Lipinski definition) is 1. The molecule has 0 saturated heterocycles. The summed E-state index contributed by atoms with van der Waals surface area (Å²) in [6, 6.07) is 14.0. The molecule has 0 fully saturated rings. The number of amides is 1. The molecule has 0 spiro atoms. The highest BCUT2D eigenvalue weighted by Crippen LogP contribution is 2.21. The van der Waals surface area contributed by atoms with Crippen molar-refractivity contribution in [2.24, 2.45) is 0 Å². The lowest BCUT2D eigenvalue weighted by Gasteiger charge is -2.10. The van der Waals surface area contributed by atoms with Crippen LogP contribution in [-0.2, 0) is 11.2 Å². The zero-order chi connectivity index (χ0) is 16.9. The molecule has 1 amide bonds. The number of benzene rings is 2. The Balaban J connectivity index is 1.46. The van der Waals surface area contributed by atoms with Gasteiger partial charge in [-0.3, -0.25) is 4.79 Å². The zero-order valence-corrected chi connectivity index (χ0v) is 14.7. The van der Waals surface area contributed by atoms with Crippen molar-refractivity contribution in [2.75, 3.05) is 13.2 Å². The Labute approximate surface area is 145 Å². The van der Waals surface area contributed by atoms with Gasteiger partial charge in [-0.2, -0.15) is 0 Å². The average Bonchev–Trinajstić information content (AvgIpc) is 2.98. The molecule has 0 aliphatic carbocycles. The van der Waals surface area contributed by atoms with Gasteiger partial charge in [0.05, 0.1) is 15.2 Å². The van der Waals surface area contributed by atoms with E-state index in [1.807, 2.05) is 50.2 Å². The summed E-state index contributed by atoms with van der Waals surface area (Å²) in [4.78, 5) is 16.5. The number of aryl methyl sites for hydroxylation is 2. The summed E-state index contributed by atoms with van der Waals surface area (Å²) in [6.45, 7) is 4.57. The molecule has 3 rings (SSSR count). The van der Waals surface area contributed by atoms with Crippen molar-refractivity contribution < 1.29 is 9.53 Å². The number of fused-ring (bicyclic) bond motifs is 1. The summed E-state index contributed by atoms with van der Waals surface area (Å²) < 4.78 is 6.78. The second-order valence-corrected chi connectivity index (χ2v) is 6.85. The van der Waals surface area contributed by atoms with E-state index in [0.717, 1.165) is 33.8 Å². The van der Waals surface area contributed by atoms with E-state index >= 15 is 0 Å². The van der Waals surface area contributed by atoms with Gasteiger partial charge >= 0.3 is 0 Å². The Hall–Kier alpha value is -2.40. The van der Waals surface area contributed by atoms with Gasteiger partial charge in [-0.25, -0.2) is 4.98 Å². The standard InChI is InChI=1S/C19H20N2O2S/c1-13-7-8-14(2)16(11-13)23-12-18(22)20-10-9-19-21-15-5-3-4-6-17(15)24-19/h3-8,11H,9-10,12H2,1-2H3,(H,20,22). The van der Waals surface area contributed by atoms with Gasteiger partial charge in [0.25, 0.3) is 5.91 Å². The van der Waals surface area contributed by atoms with Gasteiger partial charge in [-0.15, -0.1) is 11.3 Å². The first-order valence-corrected chi connectivity index (χ1v) is 8.74. The van der Waals surface area contributed by atoms with Gasteiger partial charge in [-0.1, -0.05) is 24.3 Å². The molecule has 2 aromatic carbocycles. The summed E-state index contributed by atoms with van der Waals surface area (Å²) in [5, 5.41) is 3.92. The van der Waals surface area contributed by atoms with Crippen LogP contribution in [0.2, 0.25) is 0 Å². The van der Waals surface area contributed by atoms with Crippen molar-refractivity contribution in [1.29, 1.82) is 0 Å². The first kappa shape index (κ1) is 16.5. The monoisotopic (exact) mass is 340 g/mol. The van der Waals surface area contributed by atoms with Crippen LogP contribution in [0.3, 0.4) is 0 Å². The molecule has 4 nitrogen and oxygen atoms in total. The molecule has 0 saturated carbocycles. The third-order valence-corrected chi connectivity index (χ3v) is 4.80. The minimum atomic E-state index is -0.114. The highest BCUT2D eigenvalue weighted by atomic mass is 32.1. The molecule has 0 atom stereocenters. The van der Waals surface area contributed by atoms with E-state index in [1.54, 1.807) is 11.3 Å². The molecular weight excluding hydrogens is 320 g/mol. The average molecular weight is 340 g/mol. The Bertz CT molecular complexity index is 824. The van der Waals surface area contributed by atoms with Crippen molar-refractivity contribution in [3.8, 4) is 5.75 Å². The van der Waals surface area contributed by atoms with Crippen LogP contribution in [0.1, 0.15) is 16.1 Å². The van der Waals surface area contributed by atoms with Crippen LogP contribution >= 0.6 is 11.3 Å². The quantitative estimate of drug-likeness (QED) is 0.745. The lowest BCUT2D eigenvalue weighted by Crippen LogP contribution is -2.30. The Morgan fingerprint density at radius 1 is 1.21 bits per heavy atom. The smallest absolute Gasteiger partial charge is 0.257 e. The van der Waals surface area contributed by atoms with Gasteiger partial charge in [0.1, 0.15) is 5.75 Å². The molecule has 24 heavy (non-hydrogen) atoms. The second-order valence-electron chi connectivity index (χ2n) is 5.73. The van der Waals surface area contributed by atoms with Gasteiger partial charge in [0, 0.05) is 13.0 Å². The lowest BCUT2D eigenvalue weighted by atomic mass is 10.1. The van der Waals surface area contributed by atoms with Crippen molar-refractivity contribution in [3.05, 3.63) is 58.6 Å². The second kappa shape index (κ2) is 7.45. The first-order valence-electron chi connectivity index (χ1n) is 7.93. The largest absolute Gasteiger partial charge is 0.483 e. The molecule has 124 valence electrons. The van der Waals surface area contributed by atoms with Crippen LogP contribution in [0, 0.1) is 13.8 Å². The first-order chi connectivity index (χ1) is 11.6. The fraction of sp³-hybridized carbons (Fsp3) is 0.263. The number of nitrogens with one attached hydrogen (secondary N) is 1. The van der Waals surface area contributed by atoms with E-state index in [4.69, 9.17) is 4.74 Å². The van der Waals surface area contributed by atoms with Gasteiger partial charge in [0.2, 0.25) is 0 Å². The van der Waals surface area contributed by atoms with E-state index in [9.17, 15) is 4.79 Å². The zero-order valence-electron chi connectivity index (χ0n) is 13.8. The molecule has 5 heteroatoms. The lowest BCUT2D eigenvalue weighted by molar-refractivity contribution is -0.123. The van der Waals surface area contributed by atoms with E-state index in [2.05, 4.69) is 16.4 Å². The third-order valence-electron chi connectivity index (χ3n) is 3.70. The molecule has 0 aliphatic rings. The summed E-state index contributed by atoms with van der Waals surface area (Å²) in [5.41, 5.74) is 3.16. The number of para-hydroxylation sites is 1. The molecule has 1 heterocycles. The number of carbonyl (C=O) groups is 1. The van der Waals surface area contributed by atoms with Crippen LogP contribution in [0.15, 0.2) is 42.5 Å². The SMILES string of the molecule is Cc1ccc(C)c(OCC(=O)NCCc2nc3ccccc3s2)c1. The maximum atomic E-state index is 11.9. The highest BCUT2D eigenvalue weighted by molar-refractivity contribution is 7.18. The minimum Gasteiger partial charge on any atom is -0.483 e. The van der Waals surface area contributed by atoms with Crippen molar-refractivity contribution in [2.45, 2.75) is 20.3 Å². The van der Waals surface area contributed by atoms with Crippen LogP contribution in [0.4, 0.5) is 0 Å². The molecule has 0 unspecified atom stereocenters. The number of nitrogens with zero attached hydrogens (tertiary/aromatic N) is 1. The molecule has 0 radical (unpaired) electrons. The number of aromatic nitrogens is 1. The van der Waals surface area contributed by atoms with Gasteiger partial charge in [-0.05, 0) is 43.2 Å². The van der Waals surface area contributed by atoms with E-state index in [-0.39, 0.29) is 12.5 Å². The minimum absolute atomic E-state index is 0.0319. The van der Waals surface area contributed by atoms with Crippen LogP contribution in [0.5, 0.6) is 5.75 Å². The third kappa shape index (κ3) is 4.11. The van der Waals surface area contributed by atoms with Crippen LogP contribution in [0.25, 0.3) is 10.2 Å². The van der Waals surface area contributed by atoms with Gasteiger partial charge in [0.15, 0.2) is 6.61 Å². The fourth-order valence-electron chi connectivity index (χ4n) is 2.39. The summed E-state index contributed by atoms with van der Waals surface area (Å²) in [5.74, 6) is 0.647. The van der Waals surface area contributed by atoms with Gasteiger partial charge < -0.3 is 10.1 Å². The summed E-state index contributed by atoms with van der Waals surface area (Å²) in [6.07, 6.45) is 0.731. The van der Waals surface area contributed by atoms with E-state index in [1.165, 1.54) is 4.70 Å².